The summed E-state index contributed by atoms with van der Waals surface area (Å²) in [6, 6.07) is 4.48. The van der Waals surface area contributed by atoms with E-state index in [4.69, 9.17) is 10.5 Å². The lowest BCUT2D eigenvalue weighted by Crippen LogP contribution is -2.54. The fraction of sp³-hybridized carbons (Fsp3) is 0.588. The van der Waals surface area contributed by atoms with E-state index in [1.807, 2.05) is 33.8 Å². The van der Waals surface area contributed by atoms with Crippen LogP contribution in [-0.2, 0) is 11.2 Å². The van der Waals surface area contributed by atoms with E-state index in [0.29, 0.717) is 6.54 Å². The minimum atomic E-state index is -0.550. The van der Waals surface area contributed by atoms with E-state index in [1.54, 1.807) is 0 Å². The molecule has 1 heterocycles. The maximum absolute atomic E-state index is 13.6. The Bertz CT molecular complexity index is 571. The van der Waals surface area contributed by atoms with Gasteiger partial charge in [-0.15, -0.1) is 0 Å². The molecule has 1 aliphatic rings. The highest BCUT2D eigenvalue weighted by Gasteiger charge is 2.31. The maximum atomic E-state index is 13.6. The number of nitrogens with two attached hydrogens (primary N) is 1. The van der Waals surface area contributed by atoms with Crippen molar-refractivity contribution in [1.82, 2.24) is 5.32 Å². The van der Waals surface area contributed by atoms with Crippen LogP contribution in [0, 0.1) is 5.82 Å². The molecule has 0 radical (unpaired) electrons. The molecular formula is C17H26FN3O2. The third kappa shape index (κ3) is 4.34. The number of amides is 1. The quantitative estimate of drug-likeness (QED) is 0.893. The highest BCUT2D eigenvalue weighted by Crippen LogP contribution is 2.31. The number of hydrogen-bond donors (Lipinski definition) is 2. The van der Waals surface area contributed by atoms with Crippen molar-refractivity contribution in [2.45, 2.75) is 51.8 Å². The smallest absolute Gasteiger partial charge is 0.407 e. The predicted octanol–water partition coefficient (Wildman–Crippen LogP) is 2.43. The average molecular weight is 323 g/mol. The second-order valence-corrected chi connectivity index (χ2v) is 6.95. The molecule has 0 saturated carbocycles. The zero-order chi connectivity index (χ0) is 17.2. The van der Waals surface area contributed by atoms with E-state index in [2.05, 4.69) is 10.2 Å². The molecule has 1 aliphatic heterocycles. The van der Waals surface area contributed by atoms with Crippen LogP contribution in [0.2, 0.25) is 0 Å². The van der Waals surface area contributed by atoms with Crippen molar-refractivity contribution in [2.24, 2.45) is 5.73 Å². The lowest BCUT2D eigenvalue weighted by molar-refractivity contribution is 0.0502. The van der Waals surface area contributed by atoms with Gasteiger partial charge in [0.1, 0.15) is 11.4 Å². The van der Waals surface area contributed by atoms with Crippen molar-refractivity contribution >= 4 is 11.8 Å². The summed E-state index contributed by atoms with van der Waals surface area (Å²) in [5, 5.41) is 2.83. The largest absolute Gasteiger partial charge is 0.444 e. The highest BCUT2D eigenvalue weighted by atomic mass is 19.1. The van der Waals surface area contributed by atoms with Crippen molar-refractivity contribution in [1.29, 1.82) is 0 Å². The van der Waals surface area contributed by atoms with Crippen LogP contribution in [0.15, 0.2) is 18.2 Å². The number of nitrogens with zero attached hydrogens (tertiary/aromatic N) is 1. The highest BCUT2D eigenvalue weighted by molar-refractivity contribution is 5.68. The summed E-state index contributed by atoms with van der Waals surface area (Å²) < 4.78 is 18.8. The first-order valence-electron chi connectivity index (χ1n) is 7.96. The molecule has 1 aromatic rings. The van der Waals surface area contributed by atoms with Gasteiger partial charge in [-0.05, 0) is 51.8 Å². The molecule has 23 heavy (non-hydrogen) atoms. The molecular weight excluding hydrogens is 297 g/mol. The van der Waals surface area contributed by atoms with Gasteiger partial charge in [-0.1, -0.05) is 6.07 Å². The zero-order valence-electron chi connectivity index (χ0n) is 14.2. The minimum Gasteiger partial charge on any atom is -0.444 e. The van der Waals surface area contributed by atoms with Crippen molar-refractivity contribution in [3.05, 3.63) is 29.6 Å². The maximum Gasteiger partial charge on any atom is 0.407 e. The fourth-order valence-electron chi connectivity index (χ4n) is 2.91. The number of hydrogen-bond acceptors (Lipinski definition) is 4. The van der Waals surface area contributed by atoms with Gasteiger partial charge in [-0.3, -0.25) is 0 Å². The molecule has 0 bridgehead atoms. The van der Waals surface area contributed by atoms with Crippen LogP contribution >= 0.6 is 0 Å². The SMILES string of the molecule is CC(NC(=O)OC(C)(C)C)C(CN)N1CCc2ccc(F)cc21. The molecule has 3 N–H and O–H groups in total. The second-order valence-electron chi connectivity index (χ2n) is 6.95. The molecule has 0 aromatic heterocycles. The van der Waals surface area contributed by atoms with Crippen LogP contribution in [0.3, 0.4) is 0 Å². The summed E-state index contributed by atoms with van der Waals surface area (Å²) in [4.78, 5) is 14.0. The Kier molecular flexibility index (Phi) is 5.14. The number of halogens is 1. The first-order valence-corrected chi connectivity index (χ1v) is 7.96. The average Bonchev–Trinajstić information content (AvgIpc) is 2.80. The van der Waals surface area contributed by atoms with Crippen LogP contribution in [0.1, 0.15) is 33.3 Å². The molecule has 2 atom stereocenters. The number of fused-ring (bicyclic) bond motifs is 1. The number of carbonyl (C=O) groups excluding carboxylic acids is 1. The van der Waals surface area contributed by atoms with Gasteiger partial charge in [0, 0.05) is 18.8 Å². The van der Waals surface area contributed by atoms with E-state index in [-0.39, 0.29) is 17.9 Å². The van der Waals surface area contributed by atoms with E-state index in [9.17, 15) is 9.18 Å². The predicted molar refractivity (Wildman–Crippen MR) is 89.1 cm³/mol. The number of alkyl carbamates (subject to hydrolysis) is 1. The third-order valence-electron chi connectivity index (χ3n) is 3.94. The third-order valence-corrected chi connectivity index (χ3v) is 3.94. The van der Waals surface area contributed by atoms with Gasteiger partial charge in [0.15, 0.2) is 0 Å². The van der Waals surface area contributed by atoms with Gasteiger partial charge >= 0.3 is 6.09 Å². The molecule has 1 aromatic carbocycles. The molecule has 0 aliphatic carbocycles. The van der Waals surface area contributed by atoms with E-state index < -0.39 is 11.7 Å². The van der Waals surface area contributed by atoms with Crippen LogP contribution in [0.5, 0.6) is 0 Å². The Labute approximate surface area is 137 Å². The molecule has 0 saturated heterocycles. The van der Waals surface area contributed by atoms with Gasteiger partial charge < -0.3 is 20.7 Å². The standard InChI is InChI=1S/C17H26FN3O2/c1-11(20-16(22)23-17(2,3)4)15(10-19)21-8-7-12-5-6-13(18)9-14(12)21/h5-6,9,11,15H,7-8,10,19H2,1-4H3,(H,20,22). The van der Waals surface area contributed by atoms with Gasteiger partial charge in [0.05, 0.1) is 12.1 Å². The van der Waals surface area contributed by atoms with Gasteiger partial charge in [-0.2, -0.15) is 0 Å². The molecule has 2 rings (SSSR count). The molecule has 1 amide bonds. The summed E-state index contributed by atoms with van der Waals surface area (Å²) in [6.45, 7) is 8.46. The summed E-state index contributed by atoms with van der Waals surface area (Å²) in [5.41, 5.74) is 7.34. The molecule has 2 unspecified atom stereocenters. The summed E-state index contributed by atoms with van der Waals surface area (Å²) in [5.74, 6) is -0.265. The van der Waals surface area contributed by atoms with Crippen LogP contribution in [0.4, 0.5) is 14.9 Å². The van der Waals surface area contributed by atoms with E-state index >= 15 is 0 Å². The number of nitrogens with one attached hydrogen (secondary N) is 1. The van der Waals surface area contributed by atoms with Crippen molar-refractivity contribution < 1.29 is 13.9 Å². The Morgan fingerprint density at radius 3 is 2.78 bits per heavy atom. The van der Waals surface area contributed by atoms with Crippen molar-refractivity contribution in [3.63, 3.8) is 0 Å². The van der Waals surface area contributed by atoms with Crippen LogP contribution in [-0.4, -0.2) is 36.9 Å². The second kappa shape index (κ2) is 6.74. The molecule has 128 valence electrons. The van der Waals surface area contributed by atoms with E-state index in [0.717, 1.165) is 24.2 Å². The fourth-order valence-corrected chi connectivity index (χ4v) is 2.91. The number of benzene rings is 1. The number of ether oxygens (including phenoxy) is 1. The Morgan fingerprint density at radius 1 is 1.48 bits per heavy atom. The van der Waals surface area contributed by atoms with E-state index in [1.165, 1.54) is 12.1 Å². The number of rotatable bonds is 4. The summed E-state index contributed by atoms with van der Waals surface area (Å²) in [7, 11) is 0. The topological polar surface area (TPSA) is 67.6 Å². The summed E-state index contributed by atoms with van der Waals surface area (Å²) >= 11 is 0. The van der Waals surface area contributed by atoms with Gasteiger partial charge in [-0.25, -0.2) is 9.18 Å². The van der Waals surface area contributed by atoms with Gasteiger partial charge in [0.2, 0.25) is 0 Å². The Balaban J connectivity index is 2.09. The number of carbonyl (C=O) groups is 1. The monoisotopic (exact) mass is 323 g/mol. The van der Waals surface area contributed by atoms with Crippen molar-refractivity contribution in [3.8, 4) is 0 Å². The molecule has 0 fully saturated rings. The first-order chi connectivity index (χ1) is 10.7. The van der Waals surface area contributed by atoms with Gasteiger partial charge in [0.25, 0.3) is 0 Å². The Morgan fingerprint density at radius 2 is 2.17 bits per heavy atom. The first kappa shape index (κ1) is 17.5. The van der Waals surface area contributed by atoms with Crippen molar-refractivity contribution in [2.75, 3.05) is 18.0 Å². The lowest BCUT2D eigenvalue weighted by Gasteiger charge is -2.34. The normalized spacial score (nSPS) is 16.7. The minimum absolute atomic E-state index is 0.120. The molecule has 5 nitrogen and oxygen atoms in total. The lowest BCUT2D eigenvalue weighted by atomic mass is 10.1. The Hall–Kier alpha value is -1.82. The van der Waals surface area contributed by atoms with Crippen LogP contribution < -0.4 is 16.0 Å². The number of anilines is 1. The summed E-state index contributed by atoms with van der Waals surface area (Å²) in [6.07, 6.45) is 0.382. The molecule has 0 spiro atoms. The zero-order valence-corrected chi connectivity index (χ0v) is 14.2. The van der Waals surface area contributed by atoms with Crippen LogP contribution in [0.25, 0.3) is 0 Å². The molecule has 6 heteroatoms.